The summed E-state index contributed by atoms with van der Waals surface area (Å²) in [5.41, 5.74) is 1.38. The summed E-state index contributed by atoms with van der Waals surface area (Å²) in [6.45, 7) is 2.25. The average Bonchev–Trinajstić information content (AvgIpc) is 2.92. The van der Waals surface area contributed by atoms with Crippen LogP contribution in [0.4, 0.5) is 0 Å². The van der Waals surface area contributed by atoms with Crippen LogP contribution in [0.3, 0.4) is 0 Å². The number of fused-ring (bicyclic) bond motifs is 1. The molecule has 1 heterocycles. The Labute approximate surface area is 130 Å². The Hall–Kier alpha value is -0.870. The van der Waals surface area contributed by atoms with E-state index < -0.39 is 0 Å². The molecule has 1 fully saturated rings. The largest absolute Gasteiger partial charge is 0.391 e. The molecule has 1 aromatic heterocycles. The number of aliphatic hydroxyl groups is 1. The van der Waals surface area contributed by atoms with Crippen LogP contribution in [-0.4, -0.2) is 23.2 Å². The van der Waals surface area contributed by atoms with Gasteiger partial charge in [-0.25, -0.2) is 0 Å². The lowest BCUT2D eigenvalue weighted by Gasteiger charge is -2.28. The van der Waals surface area contributed by atoms with Crippen LogP contribution in [0.25, 0.3) is 0 Å². The van der Waals surface area contributed by atoms with Gasteiger partial charge in [0.15, 0.2) is 0 Å². The van der Waals surface area contributed by atoms with Crippen LogP contribution < -0.4 is 5.32 Å². The molecule has 0 spiro atoms. The van der Waals surface area contributed by atoms with Crippen molar-refractivity contribution < 1.29 is 9.90 Å². The Balaban J connectivity index is 1.67. The first-order valence-electron chi connectivity index (χ1n) is 8.28. The first kappa shape index (κ1) is 15.0. The minimum atomic E-state index is -0.373. The van der Waals surface area contributed by atoms with Crippen molar-refractivity contribution in [2.45, 2.75) is 70.4 Å². The average molecular weight is 307 g/mol. The fraction of sp³-hybridized carbons (Fsp3) is 0.706. The highest BCUT2D eigenvalue weighted by molar-refractivity contribution is 7.14. The molecule has 0 aliphatic heterocycles. The second kappa shape index (κ2) is 6.49. The third-order valence-corrected chi connectivity index (χ3v) is 6.27. The van der Waals surface area contributed by atoms with Gasteiger partial charge in [0.2, 0.25) is 0 Å². The molecule has 1 saturated carbocycles. The van der Waals surface area contributed by atoms with Gasteiger partial charge in [-0.2, -0.15) is 0 Å². The summed E-state index contributed by atoms with van der Waals surface area (Å²) in [5, 5.41) is 13.0. The zero-order valence-corrected chi connectivity index (χ0v) is 13.5. The molecule has 2 aliphatic carbocycles. The molecule has 21 heavy (non-hydrogen) atoms. The summed E-state index contributed by atoms with van der Waals surface area (Å²) in [6.07, 6.45) is 8.24. The van der Waals surface area contributed by atoms with Gasteiger partial charge in [0.05, 0.1) is 17.0 Å². The maximum atomic E-state index is 12.4. The summed E-state index contributed by atoms with van der Waals surface area (Å²) in [4.78, 5) is 14.6. The van der Waals surface area contributed by atoms with E-state index in [1.54, 1.807) is 11.3 Å². The normalized spacial score (nSPS) is 29.0. The Morgan fingerprint density at radius 3 is 2.95 bits per heavy atom. The van der Waals surface area contributed by atoms with Gasteiger partial charge in [0, 0.05) is 4.88 Å². The highest BCUT2D eigenvalue weighted by atomic mass is 32.1. The Bertz CT molecular complexity index is 511. The van der Waals surface area contributed by atoms with Crippen LogP contribution in [0.2, 0.25) is 0 Å². The quantitative estimate of drug-likeness (QED) is 0.900. The van der Waals surface area contributed by atoms with Gasteiger partial charge in [0.1, 0.15) is 0 Å². The number of amides is 1. The lowest BCUT2D eigenvalue weighted by Crippen LogP contribution is -2.44. The van der Waals surface area contributed by atoms with Crippen molar-refractivity contribution in [3.63, 3.8) is 0 Å². The number of nitrogens with one attached hydrogen (secondary N) is 1. The van der Waals surface area contributed by atoms with Crippen molar-refractivity contribution in [3.8, 4) is 0 Å². The molecule has 116 valence electrons. The van der Waals surface area contributed by atoms with E-state index in [1.807, 2.05) is 0 Å². The fourth-order valence-electron chi connectivity index (χ4n) is 3.58. The van der Waals surface area contributed by atoms with Crippen molar-refractivity contribution in [3.05, 3.63) is 21.4 Å². The molecule has 4 heteroatoms. The van der Waals surface area contributed by atoms with Crippen molar-refractivity contribution in [2.24, 2.45) is 5.92 Å². The van der Waals surface area contributed by atoms with Crippen molar-refractivity contribution in [1.29, 1.82) is 0 Å². The van der Waals surface area contributed by atoms with E-state index in [2.05, 4.69) is 18.3 Å². The molecule has 1 unspecified atom stereocenters. The molecular formula is C17H25NO2S. The number of carbonyl (C=O) groups excluding carboxylic acids is 1. The number of aryl methyl sites for hydroxylation is 1. The summed E-state index contributed by atoms with van der Waals surface area (Å²) in [5.74, 6) is 0.788. The molecule has 1 aromatic rings. The first-order chi connectivity index (χ1) is 10.2. The predicted molar refractivity (Wildman–Crippen MR) is 85.9 cm³/mol. The van der Waals surface area contributed by atoms with Crippen molar-refractivity contribution in [2.75, 3.05) is 0 Å². The lowest BCUT2D eigenvalue weighted by atomic mass is 9.87. The summed E-state index contributed by atoms with van der Waals surface area (Å²) in [6, 6.07) is 2.03. The maximum Gasteiger partial charge on any atom is 0.261 e. The van der Waals surface area contributed by atoms with E-state index in [0.29, 0.717) is 0 Å². The van der Waals surface area contributed by atoms with Gasteiger partial charge in [-0.15, -0.1) is 11.3 Å². The minimum Gasteiger partial charge on any atom is -0.391 e. The van der Waals surface area contributed by atoms with Gasteiger partial charge in [0.25, 0.3) is 5.91 Å². The molecule has 0 saturated heterocycles. The van der Waals surface area contributed by atoms with Gasteiger partial charge in [-0.3, -0.25) is 4.79 Å². The van der Waals surface area contributed by atoms with Gasteiger partial charge in [-0.05, 0) is 49.7 Å². The number of hydrogen-bond acceptors (Lipinski definition) is 3. The standard InChI is InChI=1S/C17H25NO2S/c1-2-11-7-8-15-12(9-11)10-16(21-15)17(20)18-13-5-3-4-6-14(13)19/h10-11,13-14,19H,2-9H2,1H3,(H,18,20)/t11?,13-,14-/m1/s1. The minimum absolute atomic E-state index is 0.00778. The molecule has 0 aromatic carbocycles. The second-order valence-corrected chi connectivity index (χ2v) is 7.64. The molecule has 3 nitrogen and oxygen atoms in total. The van der Waals surface area contributed by atoms with E-state index in [0.717, 1.165) is 49.3 Å². The molecule has 3 atom stereocenters. The number of aliphatic hydroxyl groups excluding tert-OH is 1. The third-order valence-electron chi connectivity index (χ3n) is 5.03. The van der Waals surface area contributed by atoms with Gasteiger partial charge < -0.3 is 10.4 Å². The lowest BCUT2D eigenvalue weighted by molar-refractivity contribution is 0.0720. The molecule has 0 bridgehead atoms. The van der Waals surface area contributed by atoms with E-state index in [9.17, 15) is 9.90 Å². The molecule has 2 N–H and O–H groups in total. The van der Waals surface area contributed by atoms with Crippen LogP contribution in [0.1, 0.15) is 65.6 Å². The van der Waals surface area contributed by atoms with Crippen LogP contribution in [0.5, 0.6) is 0 Å². The monoisotopic (exact) mass is 307 g/mol. The molecule has 3 rings (SSSR count). The topological polar surface area (TPSA) is 49.3 Å². The van der Waals surface area contributed by atoms with E-state index in [4.69, 9.17) is 0 Å². The van der Waals surface area contributed by atoms with Crippen molar-refractivity contribution in [1.82, 2.24) is 5.32 Å². The zero-order valence-electron chi connectivity index (χ0n) is 12.7. The SMILES string of the molecule is CCC1CCc2sc(C(=O)N[C@@H]3CCCC[C@H]3O)cc2C1. The number of carbonyl (C=O) groups is 1. The smallest absolute Gasteiger partial charge is 0.261 e. The zero-order chi connectivity index (χ0) is 14.8. The van der Waals surface area contributed by atoms with Crippen LogP contribution in [0, 0.1) is 5.92 Å². The third kappa shape index (κ3) is 3.32. The molecule has 1 amide bonds. The number of rotatable bonds is 3. The highest BCUT2D eigenvalue weighted by Crippen LogP contribution is 2.33. The molecule has 2 aliphatic rings. The number of thiophene rings is 1. The maximum absolute atomic E-state index is 12.4. The predicted octanol–water partition coefficient (Wildman–Crippen LogP) is 3.30. The fourth-order valence-corrected chi connectivity index (χ4v) is 4.69. The van der Waals surface area contributed by atoms with E-state index >= 15 is 0 Å². The van der Waals surface area contributed by atoms with Crippen LogP contribution >= 0.6 is 11.3 Å². The van der Waals surface area contributed by atoms with E-state index in [1.165, 1.54) is 23.3 Å². The van der Waals surface area contributed by atoms with E-state index in [-0.39, 0.29) is 18.1 Å². The first-order valence-corrected chi connectivity index (χ1v) is 9.09. The summed E-state index contributed by atoms with van der Waals surface area (Å²) < 4.78 is 0. The molecular weight excluding hydrogens is 282 g/mol. The van der Waals surface area contributed by atoms with Crippen LogP contribution in [-0.2, 0) is 12.8 Å². The summed E-state index contributed by atoms with van der Waals surface area (Å²) >= 11 is 1.65. The Kier molecular flexibility index (Phi) is 4.65. The summed E-state index contributed by atoms with van der Waals surface area (Å²) in [7, 11) is 0. The Morgan fingerprint density at radius 1 is 1.38 bits per heavy atom. The highest BCUT2D eigenvalue weighted by Gasteiger charge is 2.27. The molecule has 0 radical (unpaired) electrons. The van der Waals surface area contributed by atoms with Crippen LogP contribution in [0.15, 0.2) is 6.07 Å². The Morgan fingerprint density at radius 2 is 2.19 bits per heavy atom. The van der Waals surface area contributed by atoms with Gasteiger partial charge >= 0.3 is 0 Å². The van der Waals surface area contributed by atoms with Crippen molar-refractivity contribution >= 4 is 17.2 Å². The second-order valence-electron chi connectivity index (χ2n) is 6.51. The number of hydrogen-bond donors (Lipinski definition) is 2. The van der Waals surface area contributed by atoms with Gasteiger partial charge in [-0.1, -0.05) is 26.2 Å².